The fourth-order valence-corrected chi connectivity index (χ4v) is 2.14. The minimum Gasteiger partial charge on any atom is -0.507 e. The largest absolute Gasteiger partial charge is 0.507 e. The Morgan fingerprint density at radius 2 is 2.20 bits per heavy atom. The molecule has 15 heavy (non-hydrogen) atoms. The van der Waals surface area contributed by atoms with Crippen molar-refractivity contribution >= 4 is 17.2 Å². The average molecular weight is 201 g/mol. The molecule has 0 radical (unpaired) electrons. The number of nitrogens with one attached hydrogen (secondary N) is 1. The molecule has 3 nitrogen and oxygen atoms in total. The molecule has 0 saturated heterocycles. The van der Waals surface area contributed by atoms with E-state index in [1.807, 2.05) is 12.3 Å². The number of phenolic OH excluding ortho intramolecular Hbond substituents is 1. The number of aldehydes is 1. The second kappa shape index (κ2) is 2.63. The maximum absolute atomic E-state index is 11.0. The molecule has 1 aromatic heterocycles. The predicted octanol–water partition coefficient (Wildman–Crippen LogP) is 2.10. The molecule has 1 aliphatic carbocycles. The molecule has 0 unspecified atom stereocenters. The Morgan fingerprint density at radius 3 is 2.87 bits per heavy atom. The molecule has 2 aromatic rings. The lowest BCUT2D eigenvalue weighted by Crippen LogP contribution is -2.06. The van der Waals surface area contributed by atoms with Crippen LogP contribution in [-0.4, -0.2) is 16.4 Å². The fraction of sp³-hybridized carbons (Fsp3) is 0.250. The van der Waals surface area contributed by atoms with E-state index in [9.17, 15) is 9.90 Å². The van der Waals surface area contributed by atoms with Crippen LogP contribution >= 0.6 is 0 Å². The summed E-state index contributed by atoms with van der Waals surface area (Å²) in [5, 5.41) is 10.6. The number of hydrogen-bond donors (Lipinski definition) is 2. The number of rotatable bonds is 2. The lowest BCUT2D eigenvalue weighted by atomic mass is 9.97. The zero-order chi connectivity index (χ0) is 10.5. The molecule has 1 fully saturated rings. The molecule has 0 spiro atoms. The lowest BCUT2D eigenvalue weighted by molar-refractivity contribution is -0.109. The first-order valence-electron chi connectivity index (χ1n) is 5.03. The van der Waals surface area contributed by atoms with Crippen LogP contribution < -0.4 is 0 Å². The highest BCUT2D eigenvalue weighted by Crippen LogP contribution is 2.49. The highest BCUT2D eigenvalue weighted by atomic mass is 16.3. The number of carbonyl (C=O) groups excluding carboxylic acids is 1. The first kappa shape index (κ1) is 8.53. The van der Waals surface area contributed by atoms with Gasteiger partial charge in [-0.25, -0.2) is 0 Å². The van der Waals surface area contributed by atoms with Crippen LogP contribution in [0.2, 0.25) is 0 Å². The van der Waals surface area contributed by atoms with Crippen LogP contribution in [0.25, 0.3) is 10.9 Å². The summed E-state index contributed by atoms with van der Waals surface area (Å²) in [6, 6.07) is 5.35. The molecule has 76 valence electrons. The molecule has 0 amide bonds. The maximum Gasteiger partial charge on any atom is 0.130 e. The van der Waals surface area contributed by atoms with Crippen molar-refractivity contribution in [2.75, 3.05) is 0 Å². The van der Waals surface area contributed by atoms with Crippen molar-refractivity contribution in [3.8, 4) is 5.75 Å². The number of H-pyrrole nitrogens is 1. The topological polar surface area (TPSA) is 53.1 Å². The van der Waals surface area contributed by atoms with E-state index < -0.39 is 0 Å². The zero-order valence-electron chi connectivity index (χ0n) is 8.16. The van der Waals surface area contributed by atoms with Gasteiger partial charge in [0.15, 0.2) is 0 Å². The Morgan fingerprint density at radius 1 is 1.40 bits per heavy atom. The summed E-state index contributed by atoms with van der Waals surface area (Å²) in [4.78, 5) is 14.1. The molecule has 1 saturated carbocycles. The van der Waals surface area contributed by atoms with E-state index in [2.05, 4.69) is 4.98 Å². The number of hydrogen-bond acceptors (Lipinski definition) is 2. The Labute approximate surface area is 86.7 Å². The predicted molar refractivity (Wildman–Crippen MR) is 56.9 cm³/mol. The normalized spacial score (nSPS) is 17.9. The lowest BCUT2D eigenvalue weighted by Gasteiger charge is -2.05. The third-order valence-corrected chi connectivity index (χ3v) is 3.23. The highest BCUT2D eigenvalue weighted by molar-refractivity contribution is 5.94. The molecule has 1 aromatic carbocycles. The van der Waals surface area contributed by atoms with Crippen LogP contribution in [0.15, 0.2) is 24.4 Å². The number of carbonyl (C=O) groups is 1. The van der Waals surface area contributed by atoms with Gasteiger partial charge in [0, 0.05) is 17.1 Å². The first-order chi connectivity index (χ1) is 7.27. The van der Waals surface area contributed by atoms with Crippen molar-refractivity contribution in [1.29, 1.82) is 0 Å². The summed E-state index contributed by atoms with van der Waals surface area (Å²) < 4.78 is 0. The monoisotopic (exact) mass is 201 g/mol. The summed E-state index contributed by atoms with van der Waals surface area (Å²) in [5.74, 6) is 0.247. The smallest absolute Gasteiger partial charge is 0.130 e. The number of aromatic amines is 1. The van der Waals surface area contributed by atoms with E-state index in [1.54, 1.807) is 12.1 Å². The molecule has 3 rings (SSSR count). The van der Waals surface area contributed by atoms with E-state index in [0.717, 1.165) is 35.6 Å². The van der Waals surface area contributed by atoms with Gasteiger partial charge < -0.3 is 14.9 Å². The molecule has 2 N–H and O–H groups in total. The van der Waals surface area contributed by atoms with Crippen LogP contribution in [-0.2, 0) is 10.2 Å². The van der Waals surface area contributed by atoms with Gasteiger partial charge in [0.1, 0.15) is 12.0 Å². The van der Waals surface area contributed by atoms with Crippen LogP contribution in [0.5, 0.6) is 5.75 Å². The van der Waals surface area contributed by atoms with Crippen molar-refractivity contribution in [2.24, 2.45) is 0 Å². The van der Waals surface area contributed by atoms with Gasteiger partial charge in [-0.2, -0.15) is 0 Å². The van der Waals surface area contributed by atoms with Crippen LogP contribution in [0.3, 0.4) is 0 Å². The summed E-state index contributed by atoms with van der Waals surface area (Å²) in [5.41, 5.74) is 1.49. The summed E-state index contributed by atoms with van der Waals surface area (Å²) in [6.45, 7) is 0. The fourth-order valence-electron chi connectivity index (χ4n) is 2.14. The summed E-state index contributed by atoms with van der Waals surface area (Å²) in [7, 11) is 0. The minimum atomic E-state index is -0.336. The van der Waals surface area contributed by atoms with Gasteiger partial charge in [0.2, 0.25) is 0 Å². The molecule has 0 aliphatic heterocycles. The standard InChI is InChI=1S/C12H11NO2/c14-7-12(4-5-12)8-6-13-9-2-1-3-10(15)11(8)9/h1-3,6-7,13,15H,4-5H2. The van der Waals surface area contributed by atoms with Crippen LogP contribution in [0.4, 0.5) is 0 Å². The highest BCUT2D eigenvalue weighted by Gasteiger charge is 2.46. The van der Waals surface area contributed by atoms with Crippen molar-refractivity contribution in [3.63, 3.8) is 0 Å². The zero-order valence-corrected chi connectivity index (χ0v) is 8.16. The van der Waals surface area contributed by atoms with Gasteiger partial charge in [0.05, 0.1) is 5.41 Å². The van der Waals surface area contributed by atoms with Gasteiger partial charge in [0.25, 0.3) is 0 Å². The first-order valence-corrected chi connectivity index (χ1v) is 5.03. The third kappa shape index (κ3) is 1.03. The van der Waals surface area contributed by atoms with Gasteiger partial charge in [-0.3, -0.25) is 0 Å². The summed E-state index contributed by atoms with van der Waals surface area (Å²) in [6.07, 6.45) is 4.61. The van der Waals surface area contributed by atoms with Gasteiger partial charge in [-0.1, -0.05) is 6.07 Å². The number of fused-ring (bicyclic) bond motifs is 1. The Kier molecular flexibility index (Phi) is 1.49. The number of benzene rings is 1. The molecule has 1 aliphatic rings. The second-order valence-corrected chi connectivity index (χ2v) is 4.18. The molecule has 0 atom stereocenters. The van der Waals surface area contributed by atoms with Gasteiger partial charge in [-0.05, 0) is 30.5 Å². The Balaban J connectivity index is 2.32. The van der Waals surface area contributed by atoms with Crippen molar-refractivity contribution in [1.82, 2.24) is 4.98 Å². The van der Waals surface area contributed by atoms with Crippen molar-refractivity contribution in [2.45, 2.75) is 18.3 Å². The van der Waals surface area contributed by atoms with Crippen molar-refractivity contribution < 1.29 is 9.90 Å². The number of aromatic hydroxyl groups is 1. The SMILES string of the molecule is O=CC1(c2c[nH]c3cccc(O)c23)CC1. The van der Waals surface area contributed by atoms with E-state index in [0.29, 0.717) is 0 Å². The maximum atomic E-state index is 11.0. The quantitative estimate of drug-likeness (QED) is 0.731. The molecule has 1 heterocycles. The molecular formula is C12H11NO2. The Hall–Kier alpha value is -1.77. The molecular weight excluding hydrogens is 190 g/mol. The van der Waals surface area contributed by atoms with Gasteiger partial charge >= 0.3 is 0 Å². The van der Waals surface area contributed by atoms with E-state index in [1.165, 1.54) is 0 Å². The van der Waals surface area contributed by atoms with E-state index in [-0.39, 0.29) is 11.2 Å². The Bertz CT molecular complexity index is 538. The van der Waals surface area contributed by atoms with Gasteiger partial charge in [-0.15, -0.1) is 0 Å². The van der Waals surface area contributed by atoms with Crippen LogP contribution in [0.1, 0.15) is 18.4 Å². The number of phenols is 1. The second-order valence-electron chi connectivity index (χ2n) is 4.18. The van der Waals surface area contributed by atoms with E-state index in [4.69, 9.17) is 0 Å². The van der Waals surface area contributed by atoms with Crippen molar-refractivity contribution in [3.05, 3.63) is 30.0 Å². The number of aromatic nitrogens is 1. The average Bonchev–Trinajstić information content (AvgIpc) is 2.92. The van der Waals surface area contributed by atoms with E-state index >= 15 is 0 Å². The minimum absolute atomic E-state index is 0.247. The third-order valence-electron chi connectivity index (χ3n) is 3.23. The summed E-state index contributed by atoms with van der Waals surface area (Å²) >= 11 is 0. The molecule has 0 bridgehead atoms. The molecule has 3 heteroatoms. The van der Waals surface area contributed by atoms with Crippen LogP contribution in [0, 0.1) is 0 Å².